The summed E-state index contributed by atoms with van der Waals surface area (Å²) in [6.07, 6.45) is 9.68. The van der Waals surface area contributed by atoms with E-state index in [1.54, 1.807) is 17.9 Å². The van der Waals surface area contributed by atoms with Gasteiger partial charge in [0, 0.05) is 23.9 Å². The van der Waals surface area contributed by atoms with E-state index in [9.17, 15) is 29.5 Å². The topological polar surface area (TPSA) is 169 Å². The lowest BCUT2D eigenvalue weighted by atomic mass is 9.61. The monoisotopic (exact) mass is 701 g/mol. The van der Waals surface area contributed by atoms with Gasteiger partial charge in [0.15, 0.2) is 5.60 Å². The minimum Gasteiger partial charge on any atom is -0.449 e. The molecule has 2 amide bonds. The molecule has 4 aliphatic rings. The van der Waals surface area contributed by atoms with E-state index in [4.69, 9.17) is 15.6 Å². The second-order valence-corrected chi connectivity index (χ2v) is 15.9. The molecule has 2 aromatic rings. The molecule has 3 fully saturated rings. The second-order valence-electron chi connectivity index (χ2n) is 15.0. The van der Waals surface area contributed by atoms with Crippen molar-refractivity contribution < 1.29 is 29.0 Å². The van der Waals surface area contributed by atoms with Gasteiger partial charge in [0.2, 0.25) is 11.0 Å². The van der Waals surface area contributed by atoms with Crippen molar-refractivity contribution in [2.24, 2.45) is 22.5 Å². The number of rotatable bonds is 7. The third-order valence-corrected chi connectivity index (χ3v) is 12.8. The van der Waals surface area contributed by atoms with Gasteiger partial charge in [-0.25, -0.2) is 4.68 Å². The number of thioether (sulfide) groups is 1. The first-order chi connectivity index (χ1) is 23.9. The molecule has 3 aliphatic carbocycles. The SMILES string of the molecule is CCC(=O)OC1(C(=O)SCC#N)CCC2CCCC3=Cc4c(cnn4-c4cccc(C(=O)N5CCCC5C(N)=O)c4)CC3(C)CC(O)CC21C. The molecule has 2 saturated carbocycles. The number of primary amides is 1. The van der Waals surface area contributed by atoms with E-state index in [1.165, 1.54) is 5.57 Å². The molecule has 3 N–H and O–H groups in total. The van der Waals surface area contributed by atoms with Crippen molar-refractivity contribution in [1.82, 2.24) is 14.7 Å². The lowest BCUT2D eigenvalue weighted by molar-refractivity contribution is -0.180. The fourth-order valence-corrected chi connectivity index (χ4v) is 10.1. The number of likely N-dealkylation sites (tertiary alicyclic amines) is 1. The molecule has 6 rings (SSSR count). The Morgan fingerprint density at radius 2 is 1.96 bits per heavy atom. The Kier molecular flexibility index (Phi) is 10.0. The van der Waals surface area contributed by atoms with Gasteiger partial charge in [-0.1, -0.05) is 44.2 Å². The summed E-state index contributed by atoms with van der Waals surface area (Å²) < 4.78 is 7.95. The number of hydrogen-bond acceptors (Lipinski definition) is 9. The molecule has 0 radical (unpaired) electrons. The van der Waals surface area contributed by atoms with Crippen molar-refractivity contribution in [3.05, 3.63) is 52.9 Å². The van der Waals surface area contributed by atoms with Crippen LogP contribution in [0.5, 0.6) is 0 Å². The van der Waals surface area contributed by atoms with Crippen LogP contribution in [0.1, 0.15) is 107 Å². The summed E-state index contributed by atoms with van der Waals surface area (Å²) >= 11 is 0.905. The Labute approximate surface area is 297 Å². The van der Waals surface area contributed by atoms with Crippen molar-refractivity contribution in [3.63, 3.8) is 0 Å². The van der Waals surface area contributed by atoms with Crippen LogP contribution in [0.4, 0.5) is 0 Å². The van der Waals surface area contributed by atoms with Crippen molar-refractivity contribution in [1.29, 1.82) is 5.26 Å². The third kappa shape index (κ3) is 6.28. The highest BCUT2D eigenvalue weighted by Crippen LogP contribution is 2.60. The number of esters is 1. The zero-order valence-corrected chi connectivity index (χ0v) is 30.0. The average molecular weight is 702 g/mol. The summed E-state index contributed by atoms with van der Waals surface area (Å²) in [4.78, 5) is 53.6. The van der Waals surface area contributed by atoms with E-state index in [-0.39, 0.29) is 34.5 Å². The summed E-state index contributed by atoms with van der Waals surface area (Å²) in [5.41, 5.74) is 7.45. The highest BCUT2D eigenvalue weighted by atomic mass is 32.2. The number of allylic oxidation sites excluding steroid dienone is 1. The number of aliphatic hydroxyl groups is 1. The summed E-state index contributed by atoms with van der Waals surface area (Å²) in [7, 11) is 0. The first-order valence-corrected chi connectivity index (χ1v) is 18.8. The van der Waals surface area contributed by atoms with Gasteiger partial charge in [-0.05, 0) is 105 Å². The largest absolute Gasteiger partial charge is 0.449 e. The van der Waals surface area contributed by atoms with Crippen LogP contribution in [-0.2, 0) is 25.5 Å². The van der Waals surface area contributed by atoms with Crippen LogP contribution in [0.25, 0.3) is 11.8 Å². The smallest absolute Gasteiger partial charge is 0.306 e. The predicted octanol–water partition coefficient (Wildman–Crippen LogP) is 5.12. The maximum atomic E-state index is 13.8. The molecule has 1 aliphatic heterocycles. The van der Waals surface area contributed by atoms with Crippen LogP contribution in [0.2, 0.25) is 0 Å². The average Bonchev–Trinajstić information content (AvgIpc) is 3.80. The van der Waals surface area contributed by atoms with Crippen LogP contribution in [0, 0.1) is 28.1 Å². The number of carbonyl (C=O) groups excluding carboxylic acids is 4. The molecule has 0 spiro atoms. The lowest BCUT2D eigenvalue weighted by Crippen LogP contribution is -2.55. The van der Waals surface area contributed by atoms with Gasteiger partial charge in [0.1, 0.15) is 6.04 Å². The number of carbonyl (C=O) groups is 4. The Balaban J connectivity index is 1.28. The Hall–Kier alpha value is -3.95. The van der Waals surface area contributed by atoms with E-state index in [2.05, 4.69) is 13.0 Å². The summed E-state index contributed by atoms with van der Waals surface area (Å²) in [5.74, 6) is -1.13. The summed E-state index contributed by atoms with van der Waals surface area (Å²) in [6.45, 7) is 6.38. The molecule has 11 nitrogen and oxygen atoms in total. The number of aliphatic hydroxyl groups excluding tert-OH is 1. The van der Waals surface area contributed by atoms with Gasteiger partial charge in [-0.2, -0.15) is 10.4 Å². The zero-order valence-electron chi connectivity index (χ0n) is 29.2. The molecule has 12 heteroatoms. The van der Waals surface area contributed by atoms with Crippen molar-refractivity contribution in [2.45, 2.75) is 109 Å². The number of hydrogen-bond donors (Lipinski definition) is 2. The molecule has 1 saturated heterocycles. The van der Waals surface area contributed by atoms with Gasteiger partial charge in [0.25, 0.3) is 5.91 Å². The molecule has 6 atom stereocenters. The molecule has 50 heavy (non-hydrogen) atoms. The maximum absolute atomic E-state index is 13.8. The fourth-order valence-electron chi connectivity index (χ4n) is 9.33. The summed E-state index contributed by atoms with van der Waals surface area (Å²) in [6, 6.07) is 8.73. The van der Waals surface area contributed by atoms with E-state index >= 15 is 0 Å². The van der Waals surface area contributed by atoms with Crippen LogP contribution in [-0.4, -0.2) is 72.7 Å². The number of nitrogens with two attached hydrogens (primary N) is 1. The predicted molar refractivity (Wildman–Crippen MR) is 189 cm³/mol. The van der Waals surface area contributed by atoms with E-state index in [1.807, 2.05) is 42.1 Å². The van der Waals surface area contributed by atoms with Gasteiger partial charge < -0.3 is 20.5 Å². The number of nitriles is 1. The van der Waals surface area contributed by atoms with Crippen LogP contribution in [0.15, 0.2) is 36.0 Å². The van der Waals surface area contributed by atoms with Crippen molar-refractivity contribution in [3.8, 4) is 11.8 Å². The number of benzene rings is 1. The molecule has 6 unspecified atom stereocenters. The Morgan fingerprint density at radius 3 is 2.70 bits per heavy atom. The number of nitrogens with zero attached hydrogens (tertiary/aromatic N) is 4. The number of ether oxygens (including phenoxy) is 1. The molecule has 266 valence electrons. The zero-order chi connectivity index (χ0) is 35.8. The first-order valence-electron chi connectivity index (χ1n) is 17.8. The minimum atomic E-state index is -1.39. The standard InChI is InChI=1S/C38H47N5O6S/c1-4-32(45)49-38(35(48)50-17-15-39)14-13-26-9-6-10-27-19-31-25(20-36(27,2)21-29(44)22-37(26,38)3)23-41-43(31)28-11-5-8-24(18-28)34(47)42-16-7-12-30(42)33(40)46/h5,8,11,18-19,23,26,29-30,44H,4,6-7,9-10,12-14,16-17,20-22H2,1-3H3,(H2,40,46). The van der Waals surface area contributed by atoms with Crippen molar-refractivity contribution in [2.75, 3.05) is 12.3 Å². The fraction of sp³-hybridized carbons (Fsp3) is 0.579. The molecular formula is C38H47N5O6S. The van der Waals surface area contributed by atoms with Crippen LogP contribution < -0.4 is 5.73 Å². The van der Waals surface area contributed by atoms with E-state index in [0.717, 1.165) is 54.4 Å². The number of fused-ring (bicyclic) bond motifs is 3. The highest BCUT2D eigenvalue weighted by Gasteiger charge is 2.64. The van der Waals surface area contributed by atoms with Gasteiger partial charge in [0.05, 0.1) is 35.5 Å². The normalized spacial score (nSPS) is 30.7. The molecule has 1 aromatic heterocycles. The van der Waals surface area contributed by atoms with Crippen LogP contribution in [0.3, 0.4) is 0 Å². The first kappa shape index (κ1) is 35.9. The van der Waals surface area contributed by atoms with E-state index < -0.39 is 35.0 Å². The molecule has 0 bridgehead atoms. The van der Waals surface area contributed by atoms with Gasteiger partial charge >= 0.3 is 5.97 Å². The molecular weight excluding hydrogens is 655 g/mol. The van der Waals surface area contributed by atoms with Crippen LogP contribution >= 0.6 is 11.8 Å². The van der Waals surface area contributed by atoms with Gasteiger partial charge in [-0.3, -0.25) is 19.2 Å². The van der Waals surface area contributed by atoms with Crippen molar-refractivity contribution >= 4 is 40.7 Å². The maximum Gasteiger partial charge on any atom is 0.306 e. The highest BCUT2D eigenvalue weighted by molar-refractivity contribution is 8.14. The second kappa shape index (κ2) is 14.0. The molecule has 2 heterocycles. The van der Waals surface area contributed by atoms with E-state index in [0.29, 0.717) is 50.6 Å². The quantitative estimate of drug-likeness (QED) is 0.372. The number of amides is 2. The number of aromatic nitrogens is 2. The van der Waals surface area contributed by atoms with Gasteiger partial charge in [-0.15, -0.1) is 0 Å². The molecule has 1 aromatic carbocycles. The summed E-state index contributed by atoms with van der Waals surface area (Å²) in [5, 5.41) is 25.5. The Morgan fingerprint density at radius 1 is 1.16 bits per heavy atom. The minimum absolute atomic E-state index is 0.0232. The lowest BCUT2D eigenvalue weighted by Gasteiger charge is -2.47. The Bertz CT molecular complexity index is 1770. The third-order valence-electron chi connectivity index (χ3n) is 11.9.